The minimum atomic E-state index is -0.209. The molecule has 1 aromatic heterocycles. The van der Waals surface area contributed by atoms with Crippen LogP contribution in [-0.4, -0.2) is 49.1 Å². The molecular weight excluding hydrogens is 397 g/mol. The minimum Gasteiger partial charge on any atom is -0.491 e. The number of aromatic nitrogens is 1. The quantitative estimate of drug-likeness (QED) is 0.389. The first kappa shape index (κ1) is 20.8. The normalized spacial score (nSPS) is 16.0. The molecule has 2 heterocycles. The summed E-state index contributed by atoms with van der Waals surface area (Å²) in [4.78, 5) is 17.9. The molecule has 150 valence electrons. The number of aromatic amines is 1. The highest BCUT2D eigenvalue weighted by molar-refractivity contribution is 6.42. The van der Waals surface area contributed by atoms with Crippen molar-refractivity contribution in [2.45, 2.75) is 19.3 Å². The summed E-state index contributed by atoms with van der Waals surface area (Å²) in [5.41, 5.74) is 1.78. The summed E-state index contributed by atoms with van der Waals surface area (Å²) in [7, 11) is 1.50. The lowest BCUT2D eigenvalue weighted by atomic mass is 10.1. The molecule has 0 aliphatic carbocycles. The van der Waals surface area contributed by atoms with Crippen LogP contribution in [0.3, 0.4) is 0 Å². The Morgan fingerprint density at radius 1 is 1.21 bits per heavy atom. The number of carbonyl (C=O) groups excluding carboxylic acids is 1. The highest BCUT2D eigenvalue weighted by Crippen LogP contribution is 2.28. The average molecular weight is 422 g/mol. The van der Waals surface area contributed by atoms with E-state index in [0.717, 1.165) is 36.2 Å². The number of allylic oxidation sites excluding steroid dienone is 2. The van der Waals surface area contributed by atoms with Gasteiger partial charge in [0.2, 0.25) is 0 Å². The lowest BCUT2D eigenvalue weighted by molar-refractivity contribution is -0.120. The molecule has 0 spiro atoms. The van der Waals surface area contributed by atoms with Crippen LogP contribution in [0, 0.1) is 0 Å². The topological polar surface area (TPSA) is 57.4 Å². The SMILES string of the molecule is CO/C(=C/C=C/c1cc2cc(Cl)c(Cl)cc2[nH]1)C(=O)NCCN1CCCCC1. The van der Waals surface area contributed by atoms with E-state index < -0.39 is 0 Å². The Bertz CT molecular complexity index is 844. The van der Waals surface area contributed by atoms with Crippen molar-refractivity contribution in [1.82, 2.24) is 15.2 Å². The van der Waals surface area contributed by atoms with E-state index in [-0.39, 0.29) is 11.7 Å². The molecule has 1 aromatic carbocycles. The van der Waals surface area contributed by atoms with Crippen molar-refractivity contribution in [3.05, 3.63) is 51.8 Å². The van der Waals surface area contributed by atoms with Gasteiger partial charge in [-0.05, 0) is 56.3 Å². The molecule has 2 N–H and O–H groups in total. The van der Waals surface area contributed by atoms with Crippen LogP contribution >= 0.6 is 23.2 Å². The summed E-state index contributed by atoms with van der Waals surface area (Å²) in [6.45, 7) is 3.73. The summed E-state index contributed by atoms with van der Waals surface area (Å²) < 4.78 is 5.22. The molecule has 0 atom stereocenters. The number of rotatable bonds is 7. The van der Waals surface area contributed by atoms with Crippen LogP contribution in [0.5, 0.6) is 0 Å². The van der Waals surface area contributed by atoms with Gasteiger partial charge in [-0.15, -0.1) is 0 Å². The van der Waals surface area contributed by atoms with Gasteiger partial charge in [0.15, 0.2) is 5.76 Å². The van der Waals surface area contributed by atoms with Gasteiger partial charge in [-0.3, -0.25) is 4.79 Å². The molecule has 7 heteroatoms. The fraction of sp³-hybridized carbons (Fsp3) is 0.381. The zero-order chi connectivity index (χ0) is 19.9. The Kier molecular flexibility index (Phi) is 7.43. The number of amides is 1. The van der Waals surface area contributed by atoms with Gasteiger partial charge in [-0.2, -0.15) is 0 Å². The molecule has 28 heavy (non-hydrogen) atoms. The van der Waals surface area contributed by atoms with Crippen molar-refractivity contribution in [2.75, 3.05) is 33.3 Å². The van der Waals surface area contributed by atoms with Crippen molar-refractivity contribution in [2.24, 2.45) is 0 Å². The van der Waals surface area contributed by atoms with Crippen LogP contribution in [-0.2, 0) is 9.53 Å². The van der Waals surface area contributed by atoms with Gasteiger partial charge in [0, 0.05) is 29.7 Å². The van der Waals surface area contributed by atoms with E-state index in [0.29, 0.717) is 16.6 Å². The number of nitrogens with zero attached hydrogens (tertiary/aromatic N) is 1. The monoisotopic (exact) mass is 421 g/mol. The number of piperidine rings is 1. The van der Waals surface area contributed by atoms with Gasteiger partial charge in [-0.1, -0.05) is 35.7 Å². The number of carbonyl (C=O) groups is 1. The summed E-state index contributed by atoms with van der Waals surface area (Å²) in [5.74, 6) is 0.0662. The maximum absolute atomic E-state index is 12.3. The summed E-state index contributed by atoms with van der Waals surface area (Å²) in [6, 6.07) is 5.58. The third-order valence-electron chi connectivity index (χ3n) is 4.81. The van der Waals surface area contributed by atoms with Crippen molar-refractivity contribution in [1.29, 1.82) is 0 Å². The fourth-order valence-corrected chi connectivity index (χ4v) is 3.65. The van der Waals surface area contributed by atoms with E-state index in [2.05, 4.69) is 15.2 Å². The Morgan fingerprint density at radius 2 is 1.96 bits per heavy atom. The Morgan fingerprint density at radius 3 is 2.71 bits per heavy atom. The van der Waals surface area contributed by atoms with Crippen molar-refractivity contribution >= 4 is 46.1 Å². The van der Waals surface area contributed by atoms with E-state index >= 15 is 0 Å². The largest absolute Gasteiger partial charge is 0.491 e. The molecule has 0 bridgehead atoms. The third kappa shape index (κ3) is 5.53. The van der Waals surface area contributed by atoms with Crippen LogP contribution in [0.15, 0.2) is 36.1 Å². The van der Waals surface area contributed by atoms with Crippen LogP contribution in [0.25, 0.3) is 17.0 Å². The molecule has 1 aliphatic heterocycles. The standard InChI is InChI=1S/C21H25Cl2N3O2/c1-28-20(21(27)24-8-11-26-9-3-2-4-10-26)7-5-6-16-12-15-13-17(22)18(23)14-19(15)25-16/h5-7,12-14,25H,2-4,8-11H2,1H3,(H,24,27)/b6-5+,20-7+. The number of halogens is 2. The lowest BCUT2D eigenvalue weighted by Gasteiger charge is -2.26. The molecule has 2 aromatic rings. The van der Waals surface area contributed by atoms with Crippen molar-refractivity contribution < 1.29 is 9.53 Å². The summed E-state index contributed by atoms with van der Waals surface area (Å²) >= 11 is 12.1. The van der Waals surface area contributed by atoms with Crippen LogP contribution < -0.4 is 5.32 Å². The number of benzene rings is 1. The van der Waals surface area contributed by atoms with E-state index in [1.54, 1.807) is 18.2 Å². The van der Waals surface area contributed by atoms with Crippen LogP contribution in [0.1, 0.15) is 25.0 Å². The van der Waals surface area contributed by atoms with Gasteiger partial charge < -0.3 is 19.9 Å². The van der Waals surface area contributed by atoms with Crippen LogP contribution in [0.2, 0.25) is 10.0 Å². The lowest BCUT2D eigenvalue weighted by Crippen LogP contribution is -2.38. The Labute approximate surface area is 175 Å². The predicted molar refractivity (Wildman–Crippen MR) is 116 cm³/mol. The van der Waals surface area contributed by atoms with Gasteiger partial charge in [-0.25, -0.2) is 0 Å². The van der Waals surface area contributed by atoms with Gasteiger partial charge in [0.1, 0.15) is 0 Å². The number of hydrogen-bond acceptors (Lipinski definition) is 3. The molecule has 1 fully saturated rings. The molecule has 1 amide bonds. The fourth-order valence-electron chi connectivity index (χ4n) is 3.31. The average Bonchev–Trinajstić information content (AvgIpc) is 3.07. The highest BCUT2D eigenvalue weighted by atomic mass is 35.5. The van der Waals surface area contributed by atoms with E-state index in [1.807, 2.05) is 18.2 Å². The molecule has 0 radical (unpaired) electrons. The number of methoxy groups -OCH3 is 1. The zero-order valence-corrected chi connectivity index (χ0v) is 17.4. The van der Waals surface area contributed by atoms with Crippen molar-refractivity contribution in [3.63, 3.8) is 0 Å². The van der Waals surface area contributed by atoms with Gasteiger partial charge in [0.25, 0.3) is 5.91 Å². The molecule has 5 nitrogen and oxygen atoms in total. The third-order valence-corrected chi connectivity index (χ3v) is 5.53. The Hall–Kier alpha value is -1.95. The number of H-pyrrole nitrogens is 1. The summed E-state index contributed by atoms with van der Waals surface area (Å²) in [5, 5.41) is 4.92. The van der Waals surface area contributed by atoms with E-state index in [1.165, 1.54) is 26.4 Å². The Balaban J connectivity index is 1.56. The predicted octanol–water partition coefficient (Wildman–Crippen LogP) is 4.62. The van der Waals surface area contributed by atoms with Crippen molar-refractivity contribution in [3.8, 4) is 0 Å². The van der Waals surface area contributed by atoms with E-state index in [4.69, 9.17) is 27.9 Å². The molecule has 0 saturated carbocycles. The second kappa shape index (κ2) is 10.0. The number of likely N-dealkylation sites (tertiary alicyclic amines) is 1. The zero-order valence-electron chi connectivity index (χ0n) is 15.9. The number of fused-ring (bicyclic) bond motifs is 1. The maximum Gasteiger partial charge on any atom is 0.286 e. The number of nitrogens with one attached hydrogen (secondary N) is 2. The molecule has 3 rings (SSSR count). The minimum absolute atomic E-state index is 0.209. The molecule has 0 unspecified atom stereocenters. The molecule has 1 aliphatic rings. The summed E-state index contributed by atoms with van der Waals surface area (Å²) in [6.07, 6.45) is 9.09. The first-order valence-electron chi connectivity index (χ1n) is 9.47. The second-order valence-electron chi connectivity index (χ2n) is 6.83. The number of hydrogen-bond donors (Lipinski definition) is 2. The molecular formula is C21H25Cl2N3O2. The first-order chi connectivity index (χ1) is 13.6. The smallest absolute Gasteiger partial charge is 0.286 e. The van der Waals surface area contributed by atoms with Gasteiger partial charge >= 0.3 is 0 Å². The number of ether oxygens (including phenoxy) is 1. The maximum atomic E-state index is 12.3. The molecule has 1 saturated heterocycles. The first-order valence-corrected chi connectivity index (χ1v) is 10.2. The van der Waals surface area contributed by atoms with Crippen LogP contribution in [0.4, 0.5) is 0 Å². The second-order valence-corrected chi connectivity index (χ2v) is 7.65. The van der Waals surface area contributed by atoms with Gasteiger partial charge in [0.05, 0.1) is 17.2 Å². The van der Waals surface area contributed by atoms with E-state index in [9.17, 15) is 4.79 Å². The highest BCUT2D eigenvalue weighted by Gasteiger charge is 2.12.